The van der Waals surface area contributed by atoms with E-state index in [9.17, 15) is 4.79 Å². The summed E-state index contributed by atoms with van der Waals surface area (Å²) in [6.45, 7) is 2.80. The van der Waals surface area contributed by atoms with Crippen molar-refractivity contribution in [2.45, 2.75) is 31.7 Å². The maximum Gasteiger partial charge on any atom is 0.223 e. The molecule has 1 saturated carbocycles. The van der Waals surface area contributed by atoms with Gasteiger partial charge in [0.1, 0.15) is 5.75 Å². The number of amides is 1. The van der Waals surface area contributed by atoms with E-state index >= 15 is 0 Å². The molecule has 1 amide bonds. The lowest BCUT2D eigenvalue weighted by Gasteiger charge is -2.29. The third kappa shape index (κ3) is 5.30. The third-order valence-electron chi connectivity index (χ3n) is 3.81. The van der Waals surface area contributed by atoms with Crippen LogP contribution in [0.1, 0.15) is 26.2 Å². The number of carbonyl (C=O) groups excluding carboxylic acids is 1. The summed E-state index contributed by atoms with van der Waals surface area (Å²) in [7, 11) is 0. The van der Waals surface area contributed by atoms with Crippen molar-refractivity contribution in [2.24, 2.45) is 11.7 Å². The first-order valence-corrected chi connectivity index (χ1v) is 8.20. The molecule has 1 unspecified atom stereocenters. The number of halogens is 3. The molecule has 3 N–H and O–H groups in total. The number of ether oxygens (including phenoxy) is 1. The first kappa shape index (κ1) is 19.6. The number of hydrogen-bond acceptors (Lipinski definition) is 3. The van der Waals surface area contributed by atoms with Crippen LogP contribution in [0.4, 0.5) is 0 Å². The number of benzene rings is 1. The molecule has 0 aliphatic heterocycles. The van der Waals surface area contributed by atoms with Gasteiger partial charge in [-0.2, -0.15) is 0 Å². The second-order valence-electron chi connectivity index (χ2n) is 5.62. The van der Waals surface area contributed by atoms with Gasteiger partial charge in [0, 0.05) is 11.6 Å². The Morgan fingerprint density at radius 3 is 2.77 bits per heavy atom. The first-order chi connectivity index (χ1) is 9.94. The van der Waals surface area contributed by atoms with Crippen molar-refractivity contribution in [1.82, 2.24) is 5.32 Å². The molecule has 1 aromatic carbocycles. The molecule has 124 valence electrons. The quantitative estimate of drug-likeness (QED) is 0.721. The van der Waals surface area contributed by atoms with Gasteiger partial charge in [-0.05, 0) is 59.8 Å². The molecule has 0 heterocycles. The summed E-state index contributed by atoms with van der Waals surface area (Å²) >= 11 is 9.24. The molecule has 1 fully saturated rings. The van der Waals surface area contributed by atoms with E-state index in [1.807, 2.05) is 6.92 Å². The Kier molecular flexibility index (Phi) is 7.46. The minimum atomic E-state index is -0.280. The van der Waals surface area contributed by atoms with Gasteiger partial charge < -0.3 is 15.8 Å². The minimum absolute atomic E-state index is 0. The second-order valence-corrected chi connectivity index (χ2v) is 6.91. The average Bonchev–Trinajstić information content (AvgIpc) is 3.26. The van der Waals surface area contributed by atoms with E-state index in [1.54, 1.807) is 18.2 Å². The highest BCUT2D eigenvalue weighted by Gasteiger charge is 2.41. The van der Waals surface area contributed by atoms with Crippen molar-refractivity contribution in [2.75, 3.05) is 13.2 Å². The molecule has 0 radical (unpaired) electrons. The Bertz CT molecular complexity index is 526. The standard InChI is InChI=1S/C15H20BrClN2O2.ClH/c1-15(9-18,10-2-3-10)19-14(20)6-7-21-13-5-4-11(17)8-12(13)16;/h4-5,8,10H,2-3,6-7,9,18H2,1H3,(H,19,20);1H. The Hall–Kier alpha value is -0.490. The summed E-state index contributed by atoms with van der Waals surface area (Å²) in [5, 5.41) is 3.67. The fraction of sp³-hybridized carbons (Fsp3) is 0.533. The van der Waals surface area contributed by atoms with Gasteiger partial charge in [-0.15, -0.1) is 12.4 Å². The normalized spacial score (nSPS) is 16.4. The highest BCUT2D eigenvalue weighted by Crippen LogP contribution is 2.39. The van der Waals surface area contributed by atoms with Crippen LogP contribution in [0.3, 0.4) is 0 Å². The van der Waals surface area contributed by atoms with Gasteiger partial charge in [-0.25, -0.2) is 0 Å². The molecule has 7 heteroatoms. The smallest absolute Gasteiger partial charge is 0.223 e. The summed E-state index contributed by atoms with van der Waals surface area (Å²) < 4.78 is 6.37. The molecular weight excluding hydrogens is 391 g/mol. The molecule has 22 heavy (non-hydrogen) atoms. The first-order valence-electron chi connectivity index (χ1n) is 7.03. The van der Waals surface area contributed by atoms with Gasteiger partial charge in [-0.3, -0.25) is 4.79 Å². The topological polar surface area (TPSA) is 64.3 Å². The largest absolute Gasteiger partial charge is 0.492 e. The summed E-state index contributed by atoms with van der Waals surface area (Å²) in [5.74, 6) is 1.16. The molecule has 1 aliphatic rings. The van der Waals surface area contributed by atoms with E-state index in [2.05, 4.69) is 21.2 Å². The Morgan fingerprint density at radius 1 is 1.55 bits per heavy atom. The minimum Gasteiger partial charge on any atom is -0.492 e. The summed E-state index contributed by atoms with van der Waals surface area (Å²) in [4.78, 5) is 12.0. The van der Waals surface area contributed by atoms with Crippen LogP contribution in [-0.4, -0.2) is 24.6 Å². The van der Waals surface area contributed by atoms with Gasteiger partial charge in [0.15, 0.2) is 0 Å². The highest BCUT2D eigenvalue weighted by molar-refractivity contribution is 9.10. The van der Waals surface area contributed by atoms with E-state index in [0.29, 0.717) is 36.3 Å². The van der Waals surface area contributed by atoms with Crippen LogP contribution in [0.5, 0.6) is 5.75 Å². The third-order valence-corrected chi connectivity index (χ3v) is 4.66. The number of nitrogens with one attached hydrogen (secondary N) is 1. The molecule has 0 aromatic heterocycles. The zero-order chi connectivity index (χ0) is 15.5. The van der Waals surface area contributed by atoms with Gasteiger partial charge >= 0.3 is 0 Å². The molecule has 1 atom stereocenters. The van der Waals surface area contributed by atoms with Crippen molar-refractivity contribution in [3.63, 3.8) is 0 Å². The number of nitrogens with two attached hydrogens (primary N) is 1. The van der Waals surface area contributed by atoms with E-state index in [4.69, 9.17) is 22.1 Å². The average molecular weight is 412 g/mol. The van der Waals surface area contributed by atoms with Crippen LogP contribution >= 0.6 is 39.9 Å². The predicted octanol–water partition coefficient (Wildman–Crippen LogP) is 3.54. The molecular formula is C15H21BrCl2N2O2. The summed E-state index contributed by atoms with van der Waals surface area (Å²) in [6, 6.07) is 5.29. The molecule has 1 aromatic rings. The lowest BCUT2D eigenvalue weighted by molar-refractivity contribution is -0.123. The van der Waals surface area contributed by atoms with Gasteiger partial charge in [0.2, 0.25) is 5.91 Å². The van der Waals surface area contributed by atoms with Crippen molar-refractivity contribution < 1.29 is 9.53 Å². The van der Waals surface area contributed by atoms with Crippen molar-refractivity contribution in [1.29, 1.82) is 0 Å². The van der Waals surface area contributed by atoms with Crippen LogP contribution in [0.2, 0.25) is 5.02 Å². The molecule has 0 bridgehead atoms. The second kappa shape index (κ2) is 8.39. The monoisotopic (exact) mass is 410 g/mol. The lowest BCUT2D eigenvalue weighted by atomic mass is 9.96. The van der Waals surface area contributed by atoms with Crippen LogP contribution in [0, 0.1) is 5.92 Å². The maximum atomic E-state index is 12.0. The number of hydrogen-bond donors (Lipinski definition) is 2. The SMILES string of the molecule is CC(CN)(NC(=O)CCOc1ccc(Cl)cc1Br)C1CC1.Cl. The Balaban J connectivity index is 0.00000242. The number of carbonyl (C=O) groups is 1. The Labute approximate surface area is 150 Å². The molecule has 2 rings (SSSR count). The van der Waals surface area contributed by atoms with Gasteiger partial charge in [-0.1, -0.05) is 11.6 Å². The summed E-state index contributed by atoms with van der Waals surface area (Å²) in [6.07, 6.45) is 2.59. The lowest BCUT2D eigenvalue weighted by Crippen LogP contribution is -2.53. The van der Waals surface area contributed by atoms with Crippen LogP contribution in [0.15, 0.2) is 22.7 Å². The van der Waals surface area contributed by atoms with E-state index in [-0.39, 0.29) is 23.9 Å². The highest BCUT2D eigenvalue weighted by atomic mass is 79.9. The van der Waals surface area contributed by atoms with Crippen LogP contribution < -0.4 is 15.8 Å². The van der Waals surface area contributed by atoms with E-state index in [1.165, 1.54) is 0 Å². The molecule has 0 spiro atoms. The molecule has 1 aliphatic carbocycles. The van der Waals surface area contributed by atoms with Crippen LogP contribution in [0.25, 0.3) is 0 Å². The van der Waals surface area contributed by atoms with Crippen molar-refractivity contribution in [3.05, 3.63) is 27.7 Å². The molecule has 4 nitrogen and oxygen atoms in total. The fourth-order valence-electron chi connectivity index (χ4n) is 2.27. The van der Waals surface area contributed by atoms with Crippen molar-refractivity contribution >= 4 is 45.8 Å². The van der Waals surface area contributed by atoms with Crippen molar-refractivity contribution in [3.8, 4) is 5.75 Å². The van der Waals surface area contributed by atoms with Gasteiger partial charge in [0.25, 0.3) is 0 Å². The zero-order valence-corrected chi connectivity index (χ0v) is 15.6. The summed E-state index contributed by atoms with van der Waals surface area (Å²) in [5.41, 5.74) is 5.51. The number of rotatable bonds is 7. The predicted molar refractivity (Wildman–Crippen MR) is 94.8 cm³/mol. The maximum absolute atomic E-state index is 12.0. The Morgan fingerprint density at radius 2 is 2.23 bits per heavy atom. The fourth-order valence-corrected chi connectivity index (χ4v) is 3.06. The van der Waals surface area contributed by atoms with E-state index in [0.717, 1.165) is 17.3 Å². The van der Waals surface area contributed by atoms with Gasteiger partial charge in [0.05, 0.1) is 23.0 Å². The molecule has 0 saturated heterocycles. The van der Waals surface area contributed by atoms with E-state index < -0.39 is 0 Å². The van der Waals surface area contributed by atoms with Crippen LogP contribution in [-0.2, 0) is 4.79 Å². The zero-order valence-electron chi connectivity index (χ0n) is 12.4.